The van der Waals surface area contributed by atoms with E-state index in [1.54, 1.807) is 0 Å². The van der Waals surface area contributed by atoms with E-state index in [4.69, 9.17) is 4.74 Å². The first-order chi connectivity index (χ1) is 7.22. The molecule has 0 radical (unpaired) electrons. The SMILES string of the molecule is CCOC(=O)N1C2CC(O)CC1[C@H]1CC21. The summed E-state index contributed by atoms with van der Waals surface area (Å²) in [4.78, 5) is 13.7. The molecule has 3 rings (SSSR count). The lowest BCUT2D eigenvalue weighted by atomic mass is 9.96. The van der Waals surface area contributed by atoms with E-state index < -0.39 is 0 Å². The van der Waals surface area contributed by atoms with Crippen LogP contribution in [0.15, 0.2) is 0 Å². The Morgan fingerprint density at radius 3 is 2.47 bits per heavy atom. The number of rotatable bonds is 1. The second-order valence-electron chi connectivity index (χ2n) is 4.93. The lowest BCUT2D eigenvalue weighted by Crippen LogP contribution is -2.50. The molecule has 2 aliphatic heterocycles. The van der Waals surface area contributed by atoms with Crippen molar-refractivity contribution < 1.29 is 14.6 Å². The zero-order valence-electron chi connectivity index (χ0n) is 8.93. The molecule has 84 valence electrons. The summed E-state index contributed by atoms with van der Waals surface area (Å²) >= 11 is 0. The van der Waals surface area contributed by atoms with Crippen LogP contribution < -0.4 is 0 Å². The maximum absolute atomic E-state index is 11.8. The van der Waals surface area contributed by atoms with Gasteiger partial charge in [0, 0.05) is 12.1 Å². The Morgan fingerprint density at radius 2 is 1.93 bits per heavy atom. The molecule has 2 heterocycles. The number of amides is 1. The van der Waals surface area contributed by atoms with Crippen molar-refractivity contribution in [2.75, 3.05) is 6.61 Å². The van der Waals surface area contributed by atoms with E-state index in [0.29, 0.717) is 18.4 Å². The molecule has 0 aromatic carbocycles. The molecule has 0 aromatic rings. The highest BCUT2D eigenvalue weighted by Crippen LogP contribution is 2.58. The first-order valence-corrected chi connectivity index (χ1v) is 5.85. The second-order valence-corrected chi connectivity index (χ2v) is 4.93. The van der Waals surface area contributed by atoms with Crippen LogP contribution in [0.4, 0.5) is 4.79 Å². The first-order valence-electron chi connectivity index (χ1n) is 5.85. The van der Waals surface area contributed by atoms with Crippen LogP contribution in [-0.4, -0.2) is 40.9 Å². The average molecular weight is 211 g/mol. The summed E-state index contributed by atoms with van der Waals surface area (Å²) in [7, 11) is 0. The van der Waals surface area contributed by atoms with Crippen LogP contribution in [0.1, 0.15) is 26.2 Å². The molecule has 4 nitrogen and oxygen atoms in total. The maximum Gasteiger partial charge on any atom is 0.410 e. The minimum Gasteiger partial charge on any atom is -0.450 e. The quantitative estimate of drug-likeness (QED) is 0.703. The normalized spacial score (nSPS) is 46.3. The third kappa shape index (κ3) is 1.27. The van der Waals surface area contributed by atoms with Gasteiger partial charge in [-0.25, -0.2) is 4.79 Å². The Bertz CT molecular complexity index is 276. The van der Waals surface area contributed by atoms with E-state index in [1.165, 1.54) is 6.42 Å². The third-order valence-electron chi connectivity index (χ3n) is 4.10. The van der Waals surface area contributed by atoms with Gasteiger partial charge in [-0.1, -0.05) is 0 Å². The predicted octanol–water partition coefficient (Wildman–Crippen LogP) is 0.987. The summed E-state index contributed by atoms with van der Waals surface area (Å²) < 4.78 is 5.07. The summed E-state index contributed by atoms with van der Waals surface area (Å²) in [6.45, 7) is 2.27. The van der Waals surface area contributed by atoms with Gasteiger partial charge in [-0.05, 0) is 38.0 Å². The second kappa shape index (κ2) is 3.11. The molecule has 4 unspecified atom stereocenters. The predicted molar refractivity (Wildman–Crippen MR) is 53.3 cm³/mol. The molecular formula is C11H17NO3. The van der Waals surface area contributed by atoms with Crippen molar-refractivity contribution in [2.45, 2.75) is 44.4 Å². The zero-order chi connectivity index (χ0) is 10.6. The fraction of sp³-hybridized carbons (Fsp3) is 0.909. The van der Waals surface area contributed by atoms with Gasteiger partial charge in [0.2, 0.25) is 0 Å². The number of aliphatic hydroxyl groups is 1. The van der Waals surface area contributed by atoms with Gasteiger partial charge in [-0.15, -0.1) is 0 Å². The molecule has 0 aromatic heterocycles. The average Bonchev–Trinajstić information content (AvgIpc) is 2.91. The Labute approximate surface area is 89.2 Å². The Hall–Kier alpha value is -0.770. The van der Waals surface area contributed by atoms with Crippen LogP contribution in [0.5, 0.6) is 0 Å². The number of nitrogens with zero attached hydrogens (tertiary/aromatic N) is 1. The van der Waals surface area contributed by atoms with Crippen LogP contribution in [-0.2, 0) is 4.74 Å². The summed E-state index contributed by atoms with van der Waals surface area (Å²) in [5.41, 5.74) is 0. The first kappa shape index (κ1) is 9.46. The number of carbonyl (C=O) groups is 1. The van der Waals surface area contributed by atoms with E-state index in [9.17, 15) is 9.90 Å². The van der Waals surface area contributed by atoms with Gasteiger partial charge in [0.1, 0.15) is 0 Å². The fourth-order valence-corrected chi connectivity index (χ4v) is 3.48. The van der Waals surface area contributed by atoms with Crippen molar-refractivity contribution in [2.24, 2.45) is 11.8 Å². The number of fused-ring (bicyclic) bond motifs is 5. The van der Waals surface area contributed by atoms with E-state index >= 15 is 0 Å². The number of carbonyl (C=O) groups excluding carboxylic acids is 1. The van der Waals surface area contributed by atoms with Gasteiger partial charge in [0.15, 0.2) is 0 Å². The van der Waals surface area contributed by atoms with Gasteiger partial charge < -0.3 is 14.7 Å². The smallest absolute Gasteiger partial charge is 0.410 e. The van der Waals surface area contributed by atoms with E-state index in [2.05, 4.69) is 0 Å². The monoisotopic (exact) mass is 211 g/mol. The summed E-state index contributed by atoms with van der Waals surface area (Å²) in [5, 5.41) is 9.68. The molecule has 1 N–H and O–H groups in total. The molecule has 0 spiro atoms. The molecule has 1 aliphatic carbocycles. The number of aliphatic hydroxyl groups excluding tert-OH is 1. The minimum absolute atomic E-state index is 0.174. The van der Waals surface area contributed by atoms with Gasteiger partial charge in [-0.2, -0.15) is 0 Å². The standard InChI is InChI=1S/C11H17NO3/c1-2-15-11(14)12-9-3-6(13)4-10(12)8-5-7(8)9/h6-10,13H,2-5H2,1H3/t6?,7-,8?,9?,10?/m0/s1. The van der Waals surface area contributed by atoms with E-state index in [-0.39, 0.29) is 24.3 Å². The molecule has 4 heteroatoms. The Morgan fingerprint density at radius 1 is 1.33 bits per heavy atom. The van der Waals surface area contributed by atoms with Crippen LogP contribution in [0.25, 0.3) is 0 Å². The lowest BCUT2D eigenvalue weighted by molar-refractivity contribution is 0.0121. The molecule has 2 saturated heterocycles. The molecule has 1 saturated carbocycles. The molecule has 15 heavy (non-hydrogen) atoms. The van der Waals surface area contributed by atoms with Gasteiger partial charge in [-0.3, -0.25) is 0 Å². The molecule has 5 atom stereocenters. The van der Waals surface area contributed by atoms with E-state index in [1.807, 2.05) is 11.8 Å². The lowest BCUT2D eigenvalue weighted by Gasteiger charge is -2.38. The molecular weight excluding hydrogens is 194 g/mol. The van der Waals surface area contributed by atoms with Crippen molar-refractivity contribution >= 4 is 6.09 Å². The number of hydrogen-bond acceptors (Lipinski definition) is 3. The number of ether oxygens (including phenoxy) is 1. The maximum atomic E-state index is 11.8. The summed E-state index contributed by atoms with van der Waals surface area (Å²) in [6, 6.07) is 0.505. The summed E-state index contributed by atoms with van der Waals surface area (Å²) in [6.07, 6.45) is 2.36. The van der Waals surface area contributed by atoms with Crippen LogP contribution in [0.3, 0.4) is 0 Å². The molecule has 2 bridgehead atoms. The third-order valence-corrected chi connectivity index (χ3v) is 4.10. The largest absolute Gasteiger partial charge is 0.450 e. The fourth-order valence-electron chi connectivity index (χ4n) is 3.48. The van der Waals surface area contributed by atoms with Gasteiger partial charge in [0.25, 0.3) is 0 Å². The molecule has 1 amide bonds. The van der Waals surface area contributed by atoms with Crippen molar-refractivity contribution in [1.82, 2.24) is 4.90 Å². The van der Waals surface area contributed by atoms with Crippen molar-refractivity contribution in [1.29, 1.82) is 0 Å². The van der Waals surface area contributed by atoms with E-state index in [0.717, 1.165) is 12.8 Å². The highest BCUT2D eigenvalue weighted by molar-refractivity contribution is 5.70. The number of hydrogen-bond donors (Lipinski definition) is 1. The van der Waals surface area contributed by atoms with Gasteiger partial charge in [0.05, 0.1) is 12.7 Å². The summed E-state index contributed by atoms with van der Waals surface area (Å²) in [5.74, 6) is 1.30. The molecule has 3 aliphatic rings. The molecule has 3 fully saturated rings. The van der Waals surface area contributed by atoms with Crippen LogP contribution in [0.2, 0.25) is 0 Å². The van der Waals surface area contributed by atoms with Crippen molar-refractivity contribution in [3.8, 4) is 0 Å². The topological polar surface area (TPSA) is 49.8 Å². The number of piperidine rings is 2. The van der Waals surface area contributed by atoms with Crippen LogP contribution >= 0.6 is 0 Å². The highest BCUT2D eigenvalue weighted by atomic mass is 16.6. The van der Waals surface area contributed by atoms with Crippen molar-refractivity contribution in [3.63, 3.8) is 0 Å². The van der Waals surface area contributed by atoms with Crippen molar-refractivity contribution in [3.05, 3.63) is 0 Å². The zero-order valence-corrected chi connectivity index (χ0v) is 8.93. The minimum atomic E-state index is -0.210. The Balaban J connectivity index is 1.78. The van der Waals surface area contributed by atoms with Gasteiger partial charge >= 0.3 is 6.09 Å². The Kier molecular flexibility index (Phi) is 1.96. The highest BCUT2D eigenvalue weighted by Gasteiger charge is 2.63. The van der Waals surface area contributed by atoms with Crippen LogP contribution in [0, 0.1) is 11.8 Å².